The number of halogens is 1. The molecule has 7 nitrogen and oxygen atoms in total. The second kappa shape index (κ2) is 8.77. The van der Waals surface area contributed by atoms with E-state index in [4.69, 9.17) is 11.6 Å². The topological polar surface area (TPSA) is 87.7 Å². The number of benzene rings is 1. The van der Waals surface area contributed by atoms with Crippen LogP contribution in [-0.4, -0.2) is 65.7 Å². The molecule has 1 aliphatic rings. The van der Waals surface area contributed by atoms with E-state index in [1.165, 1.54) is 25.3 Å². The molecular formula is C15H22ClN3O4S. The summed E-state index contributed by atoms with van der Waals surface area (Å²) in [7, 11) is -2.46. The van der Waals surface area contributed by atoms with Gasteiger partial charge in [0.1, 0.15) is 4.90 Å². The van der Waals surface area contributed by atoms with Gasteiger partial charge in [-0.2, -0.15) is 0 Å². The molecule has 0 amide bonds. The standard InChI is InChI=1S/C15H22ClN3O4S/c1-23-15(20)12-3-4-14(13(16)11-12)24(21,22)18-5-2-8-19-9-6-17-7-10-19/h3-4,11,17-18H,2,5-10H2,1H3. The molecule has 0 aromatic heterocycles. The number of hydrogen-bond donors (Lipinski definition) is 2. The molecule has 0 unspecified atom stereocenters. The van der Waals surface area contributed by atoms with Gasteiger partial charge in [-0.05, 0) is 31.2 Å². The zero-order valence-corrected chi connectivity index (χ0v) is 15.1. The van der Waals surface area contributed by atoms with Crippen molar-refractivity contribution in [2.45, 2.75) is 11.3 Å². The Morgan fingerprint density at radius 1 is 1.38 bits per heavy atom. The molecule has 0 atom stereocenters. The zero-order chi connectivity index (χ0) is 17.6. The molecule has 0 spiro atoms. The van der Waals surface area contributed by atoms with Gasteiger partial charge in [-0.1, -0.05) is 11.6 Å². The molecule has 1 fully saturated rings. The molecule has 2 N–H and O–H groups in total. The predicted octanol–water partition coefficient (Wildman–Crippen LogP) is 0.700. The zero-order valence-electron chi connectivity index (χ0n) is 13.5. The lowest BCUT2D eigenvalue weighted by molar-refractivity contribution is 0.0600. The first kappa shape index (κ1) is 19.1. The van der Waals surface area contributed by atoms with E-state index in [-0.39, 0.29) is 15.5 Å². The van der Waals surface area contributed by atoms with Crippen molar-refractivity contribution in [1.29, 1.82) is 0 Å². The van der Waals surface area contributed by atoms with Gasteiger partial charge in [0.2, 0.25) is 10.0 Å². The maximum atomic E-state index is 12.3. The third-order valence-electron chi connectivity index (χ3n) is 3.80. The van der Waals surface area contributed by atoms with E-state index in [2.05, 4.69) is 19.7 Å². The van der Waals surface area contributed by atoms with Gasteiger partial charge < -0.3 is 15.0 Å². The van der Waals surface area contributed by atoms with Crippen molar-refractivity contribution in [3.05, 3.63) is 28.8 Å². The molecule has 1 saturated heterocycles. The van der Waals surface area contributed by atoms with Crippen LogP contribution in [0, 0.1) is 0 Å². The summed E-state index contributed by atoms with van der Waals surface area (Å²) in [6, 6.07) is 3.99. The fraction of sp³-hybridized carbons (Fsp3) is 0.533. The lowest BCUT2D eigenvalue weighted by atomic mass is 10.2. The number of carbonyl (C=O) groups is 1. The number of hydrogen-bond acceptors (Lipinski definition) is 6. The largest absolute Gasteiger partial charge is 0.465 e. The number of sulfonamides is 1. The smallest absolute Gasteiger partial charge is 0.337 e. The quantitative estimate of drug-likeness (QED) is 0.539. The highest BCUT2D eigenvalue weighted by molar-refractivity contribution is 7.89. The van der Waals surface area contributed by atoms with Crippen LogP contribution in [-0.2, 0) is 14.8 Å². The van der Waals surface area contributed by atoms with Gasteiger partial charge in [0, 0.05) is 32.7 Å². The predicted molar refractivity (Wildman–Crippen MR) is 91.9 cm³/mol. The minimum absolute atomic E-state index is 0.00694. The maximum absolute atomic E-state index is 12.3. The summed E-state index contributed by atoms with van der Waals surface area (Å²) in [5, 5.41) is 3.27. The van der Waals surface area contributed by atoms with Crippen molar-refractivity contribution < 1.29 is 17.9 Å². The van der Waals surface area contributed by atoms with Crippen LogP contribution in [0.25, 0.3) is 0 Å². The van der Waals surface area contributed by atoms with Gasteiger partial charge in [0.05, 0.1) is 17.7 Å². The molecule has 134 valence electrons. The second-order valence-electron chi connectivity index (χ2n) is 5.48. The molecule has 1 aliphatic heterocycles. The first-order chi connectivity index (χ1) is 11.4. The van der Waals surface area contributed by atoms with E-state index in [1.807, 2.05) is 0 Å². The first-order valence-electron chi connectivity index (χ1n) is 7.74. The number of nitrogens with one attached hydrogen (secondary N) is 2. The van der Waals surface area contributed by atoms with E-state index in [0.29, 0.717) is 6.54 Å². The van der Waals surface area contributed by atoms with Crippen LogP contribution in [0.2, 0.25) is 5.02 Å². The summed E-state index contributed by atoms with van der Waals surface area (Å²) in [6.45, 7) is 5.07. The Kier molecular flexibility index (Phi) is 7.00. The molecule has 24 heavy (non-hydrogen) atoms. The molecule has 1 aromatic rings. The monoisotopic (exact) mass is 375 g/mol. The van der Waals surface area contributed by atoms with Crippen molar-refractivity contribution in [2.24, 2.45) is 0 Å². The van der Waals surface area contributed by atoms with Crippen LogP contribution >= 0.6 is 11.6 Å². The summed E-state index contributed by atoms with van der Waals surface area (Å²) >= 11 is 6.01. The summed E-state index contributed by atoms with van der Waals surface area (Å²) in [4.78, 5) is 13.7. The van der Waals surface area contributed by atoms with Crippen LogP contribution in [0.5, 0.6) is 0 Å². The minimum atomic E-state index is -3.71. The number of nitrogens with zero attached hydrogens (tertiary/aromatic N) is 1. The highest BCUT2D eigenvalue weighted by atomic mass is 35.5. The molecule has 0 radical (unpaired) electrons. The van der Waals surface area contributed by atoms with Crippen molar-refractivity contribution in [3.63, 3.8) is 0 Å². The van der Waals surface area contributed by atoms with Crippen molar-refractivity contribution in [1.82, 2.24) is 14.9 Å². The van der Waals surface area contributed by atoms with Crippen LogP contribution in [0.15, 0.2) is 23.1 Å². The highest BCUT2D eigenvalue weighted by Gasteiger charge is 2.19. The van der Waals surface area contributed by atoms with E-state index in [1.54, 1.807) is 0 Å². The maximum Gasteiger partial charge on any atom is 0.337 e. The van der Waals surface area contributed by atoms with Crippen molar-refractivity contribution in [3.8, 4) is 0 Å². The third kappa shape index (κ3) is 5.15. The fourth-order valence-corrected chi connectivity index (χ4v) is 4.10. The SMILES string of the molecule is COC(=O)c1ccc(S(=O)(=O)NCCCN2CCNCC2)c(Cl)c1. The molecule has 2 rings (SSSR count). The Morgan fingerprint density at radius 2 is 2.08 bits per heavy atom. The third-order valence-corrected chi connectivity index (χ3v) is 5.74. The Bertz CT molecular complexity index is 675. The number of methoxy groups -OCH3 is 1. The van der Waals surface area contributed by atoms with Gasteiger partial charge in [0.15, 0.2) is 0 Å². The first-order valence-corrected chi connectivity index (χ1v) is 9.61. The Balaban J connectivity index is 1.91. The molecule has 0 aliphatic carbocycles. The number of ether oxygens (including phenoxy) is 1. The lowest BCUT2D eigenvalue weighted by Crippen LogP contribution is -2.44. The number of carbonyl (C=O) groups excluding carboxylic acids is 1. The Labute approximate surface area is 147 Å². The van der Waals surface area contributed by atoms with Crippen LogP contribution < -0.4 is 10.0 Å². The molecule has 9 heteroatoms. The number of rotatable bonds is 7. The molecular weight excluding hydrogens is 354 g/mol. The minimum Gasteiger partial charge on any atom is -0.465 e. The van der Waals surface area contributed by atoms with Gasteiger partial charge >= 0.3 is 5.97 Å². The number of piperazine rings is 1. The summed E-state index contributed by atoms with van der Waals surface area (Å²) in [5.74, 6) is -0.565. The summed E-state index contributed by atoms with van der Waals surface area (Å²) in [6.07, 6.45) is 0.719. The fourth-order valence-electron chi connectivity index (χ4n) is 2.49. The second-order valence-corrected chi connectivity index (χ2v) is 7.62. The average molecular weight is 376 g/mol. The van der Waals surface area contributed by atoms with Crippen LogP contribution in [0.4, 0.5) is 0 Å². The van der Waals surface area contributed by atoms with Crippen molar-refractivity contribution in [2.75, 3.05) is 46.4 Å². The van der Waals surface area contributed by atoms with Gasteiger partial charge in [-0.15, -0.1) is 0 Å². The van der Waals surface area contributed by atoms with Gasteiger partial charge in [-0.25, -0.2) is 17.9 Å². The van der Waals surface area contributed by atoms with E-state index < -0.39 is 16.0 Å². The van der Waals surface area contributed by atoms with E-state index in [9.17, 15) is 13.2 Å². The van der Waals surface area contributed by atoms with Crippen LogP contribution in [0.3, 0.4) is 0 Å². The molecule has 1 heterocycles. The van der Waals surface area contributed by atoms with E-state index in [0.717, 1.165) is 39.1 Å². The van der Waals surface area contributed by atoms with E-state index >= 15 is 0 Å². The Morgan fingerprint density at radius 3 is 2.71 bits per heavy atom. The Hall–Kier alpha value is -1.19. The average Bonchev–Trinajstić information content (AvgIpc) is 2.58. The molecule has 1 aromatic carbocycles. The molecule has 0 bridgehead atoms. The van der Waals surface area contributed by atoms with Crippen LogP contribution in [0.1, 0.15) is 16.8 Å². The number of esters is 1. The lowest BCUT2D eigenvalue weighted by Gasteiger charge is -2.27. The summed E-state index contributed by atoms with van der Waals surface area (Å²) in [5.41, 5.74) is 0.208. The van der Waals surface area contributed by atoms with Gasteiger partial charge in [-0.3, -0.25) is 0 Å². The highest BCUT2D eigenvalue weighted by Crippen LogP contribution is 2.23. The molecule has 0 saturated carbocycles. The summed E-state index contributed by atoms with van der Waals surface area (Å²) < 4.78 is 31.8. The normalized spacial score (nSPS) is 16.1. The van der Waals surface area contributed by atoms with Gasteiger partial charge in [0.25, 0.3) is 0 Å². The van der Waals surface area contributed by atoms with Crippen molar-refractivity contribution >= 4 is 27.6 Å².